The number of aryl methyl sites for hydroxylation is 2. The van der Waals surface area contributed by atoms with E-state index >= 15 is 0 Å². The number of esters is 1. The van der Waals surface area contributed by atoms with Crippen LogP contribution >= 0.6 is 0 Å². The summed E-state index contributed by atoms with van der Waals surface area (Å²) >= 11 is 0. The van der Waals surface area contributed by atoms with E-state index in [1.807, 2.05) is 6.92 Å². The lowest BCUT2D eigenvalue weighted by molar-refractivity contribution is -0.154. The van der Waals surface area contributed by atoms with Crippen LogP contribution in [0.3, 0.4) is 0 Å². The maximum atomic E-state index is 12.1. The minimum Gasteiger partial charge on any atom is -0.491 e. The molecule has 0 unspecified atom stereocenters. The highest BCUT2D eigenvalue weighted by molar-refractivity contribution is 7.86. The topological polar surface area (TPSA) is 107 Å². The van der Waals surface area contributed by atoms with E-state index in [4.69, 9.17) is 27.9 Å². The average Bonchev–Trinajstić information content (AvgIpc) is 3.34. The predicted molar refractivity (Wildman–Crippen MR) is 169 cm³/mol. The summed E-state index contributed by atoms with van der Waals surface area (Å²) in [5.41, 5.74) is 3.98. The van der Waals surface area contributed by atoms with Crippen LogP contribution in [0.5, 0.6) is 5.75 Å². The molecule has 0 heterocycles. The normalized spacial score (nSPS) is 25.7. The van der Waals surface area contributed by atoms with Crippen LogP contribution < -0.4 is 4.74 Å². The highest BCUT2D eigenvalue weighted by Crippen LogP contribution is 2.61. The zero-order chi connectivity index (χ0) is 31.9. The smallest absolute Gasteiger partial charge is 0.302 e. The fourth-order valence-electron chi connectivity index (χ4n) is 7.73. The molecule has 0 radical (unpaired) electrons. The minimum absolute atomic E-state index is 0.0516. The summed E-state index contributed by atoms with van der Waals surface area (Å²) in [6.45, 7) is 8.44. The van der Waals surface area contributed by atoms with Gasteiger partial charge in [-0.25, -0.2) is 0 Å². The Morgan fingerprint density at radius 2 is 1.51 bits per heavy atom. The number of rotatable bonds is 16. The second-order valence-electron chi connectivity index (χ2n) is 12.8. The van der Waals surface area contributed by atoms with Gasteiger partial charge in [0.15, 0.2) is 0 Å². The highest BCUT2D eigenvalue weighted by Gasteiger charge is 2.56. The molecule has 9 nitrogen and oxygen atoms in total. The lowest BCUT2D eigenvalue weighted by Crippen LogP contribution is -2.45. The number of carbonyl (C=O) groups is 1. The monoisotopic (exact) mass is 644 g/mol. The van der Waals surface area contributed by atoms with Gasteiger partial charge in [-0.05, 0) is 98.6 Å². The van der Waals surface area contributed by atoms with Crippen molar-refractivity contribution < 1.29 is 41.1 Å². The first-order chi connectivity index (χ1) is 21.7. The molecule has 2 fully saturated rings. The Morgan fingerprint density at radius 3 is 2.20 bits per heavy atom. The molecule has 3 aliphatic rings. The molecule has 5 atom stereocenters. The van der Waals surface area contributed by atoms with Gasteiger partial charge in [-0.15, -0.1) is 0 Å². The predicted octanol–water partition coefficient (Wildman–Crippen LogP) is 5.62. The van der Waals surface area contributed by atoms with Crippen molar-refractivity contribution in [3.8, 4) is 5.75 Å². The van der Waals surface area contributed by atoms with Crippen molar-refractivity contribution in [1.29, 1.82) is 0 Å². The fraction of sp³-hybridized carbons (Fsp3) is 0.629. The second-order valence-corrected chi connectivity index (χ2v) is 14.4. The molecule has 0 spiro atoms. The van der Waals surface area contributed by atoms with Gasteiger partial charge in [0, 0.05) is 12.3 Å². The van der Waals surface area contributed by atoms with Crippen LogP contribution in [-0.2, 0) is 44.5 Å². The molecule has 0 amide bonds. The van der Waals surface area contributed by atoms with Crippen LogP contribution in [0.2, 0.25) is 0 Å². The third-order valence-corrected chi connectivity index (χ3v) is 11.3. The second kappa shape index (κ2) is 15.4. The molecule has 45 heavy (non-hydrogen) atoms. The summed E-state index contributed by atoms with van der Waals surface area (Å²) < 4.78 is 57.6. The standard InChI is InChI=1S/C35H48O9S/c1-25-4-8-29(9-5-25)45(37,38)43-23-21-41-19-17-39-16-18-40-20-22-42-28-7-11-30-27(24-28)6-10-32-31(30)14-15-35(3)33(32)12-13-34(35)44-26(2)36/h4-5,7-9,11,24,31-34H,6,10,12-23H2,1-3H3/t31-,32-,33+,34+,35+/m1/s1. The Bertz CT molecular complexity index is 1380. The summed E-state index contributed by atoms with van der Waals surface area (Å²) in [6.07, 6.45) is 6.73. The summed E-state index contributed by atoms with van der Waals surface area (Å²) in [5, 5.41) is 0. The quantitative estimate of drug-likeness (QED) is 0.131. The largest absolute Gasteiger partial charge is 0.491 e. The summed E-state index contributed by atoms with van der Waals surface area (Å²) in [7, 11) is -3.77. The van der Waals surface area contributed by atoms with Crippen LogP contribution in [0.4, 0.5) is 0 Å². The molecule has 248 valence electrons. The minimum atomic E-state index is -3.77. The molecular weight excluding hydrogens is 596 g/mol. The lowest BCUT2D eigenvalue weighted by atomic mass is 9.55. The lowest BCUT2D eigenvalue weighted by Gasteiger charge is -2.50. The van der Waals surface area contributed by atoms with Gasteiger partial charge in [0.25, 0.3) is 10.1 Å². The molecule has 0 N–H and O–H groups in total. The van der Waals surface area contributed by atoms with Crippen LogP contribution in [0, 0.1) is 24.2 Å². The van der Waals surface area contributed by atoms with Crippen LogP contribution in [0.15, 0.2) is 47.4 Å². The van der Waals surface area contributed by atoms with Crippen molar-refractivity contribution in [2.75, 3.05) is 52.9 Å². The zero-order valence-corrected chi connectivity index (χ0v) is 27.6. The van der Waals surface area contributed by atoms with E-state index in [9.17, 15) is 13.2 Å². The first kappa shape index (κ1) is 33.9. The first-order valence-corrected chi connectivity index (χ1v) is 17.7. The van der Waals surface area contributed by atoms with Crippen LogP contribution in [-0.4, -0.2) is 73.3 Å². The first-order valence-electron chi connectivity index (χ1n) is 16.3. The van der Waals surface area contributed by atoms with E-state index in [1.54, 1.807) is 12.1 Å². The summed E-state index contributed by atoms with van der Waals surface area (Å²) in [4.78, 5) is 11.8. The maximum absolute atomic E-state index is 12.1. The number of ether oxygens (including phenoxy) is 5. The van der Waals surface area contributed by atoms with Crippen LogP contribution in [0.1, 0.15) is 68.6 Å². The van der Waals surface area contributed by atoms with E-state index in [-0.39, 0.29) is 35.6 Å². The number of hydrogen-bond acceptors (Lipinski definition) is 9. The Balaban J connectivity index is 0.919. The zero-order valence-electron chi connectivity index (χ0n) is 26.8. The van der Waals surface area contributed by atoms with E-state index in [0.29, 0.717) is 57.4 Å². The highest BCUT2D eigenvalue weighted by atomic mass is 32.2. The van der Waals surface area contributed by atoms with Crippen molar-refractivity contribution in [3.05, 3.63) is 59.2 Å². The molecular formula is C35H48O9S. The third-order valence-electron chi connectivity index (χ3n) is 9.94. The van der Waals surface area contributed by atoms with E-state index in [1.165, 1.54) is 36.6 Å². The Hall–Kier alpha value is -2.50. The third kappa shape index (κ3) is 8.46. The molecule has 0 saturated heterocycles. The SMILES string of the molecule is CC(=O)O[C@H]1CC[C@H]2[C@@H]3CCc4cc(OCCOCCOCCOCCOS(=O)(=O)c5ccc(C)cc5)ccc4[C@H]3CC[C@]12C. The molecule has 10 heteroatoms. The molecule has 2 saturated carbocycles. The van der Waals surface area contributed by atoms with Crippen molar-refractivity contribution in [3.63, 3.8) is 0 Å². The summed E-state index contributed by atoms with van der Waals surface area (Å²) in [6, 6.07) is 13.1. The van der Waals surface area contributed by atoms with E-state index in [0.717, 1.165) is 43.4 Å². The van der Waals surface area contributed by atoms with E-state index in [2.05, 4.69) is 25.1 Å². The molecule has 3 aliphatic carbocycles. The maximum Gasteiger partial charge on any atom is 0.302 e. The van der Waals surface area contributed by atoms with Crippen LogP contribution in [0.25, 0.3) is 0 Å². The Labute approximate surface area is 268 Å². The molecule has 5 rings (SSSR count). The van der Waals surface area contributed by atoms with Gasteiger partial charge in [0.1, 0.15) is 18.5 Å². The van der Waals surface area contributed by atoms with Crippen molar-refractivity contribution >= 4 is 16.1 Å². The molecule has 0 aliphatic heterocycles. The molecule has 2 aromatic rings. The van der Waals surface area contributed by atoms with Crippen molar-refractivity contribution in [2.45, 2.75) is 76.2 Å². The number of carbonyl (C=O) groups excluding carboxylic acids is 1. The average molecular weight is 645 g/mol. The van der Waals surface area contributed by atoms with Gasteiger partial charge in [0.05, 0.1) is 51.1 Å². The number of benzene rings is 2. The van der Waals surface area contributed by atoms with Gasteiger partial charge in [-0.2, -0.15) is 8.42 Å². The Morgan fingerprint density at radius 1 is 0.844 bits per heavy atom. The van der Waals surface area contributed by atoms with Crippen molar-refractivity contribution in [2.24, 2.45) is 17.3 Å². The molecule has 0 bridgehead atoms. The fourth-order valence-corrected chi connectivity index (χ4v) is 8.62. The number of hydrogen-bond donors (Lipinski definition) is 0. The summed E-state index contributed by atoms with van der Waals surface area (Å²) in [5.74, 6) is 2.60. The molecule has 2 aromatic carbocycles. The van der Waals surface area contributed by atoms with Gasteiger partial charge in [-0.1, -0.05) is 30.7 Å². The Kier molecular flexibility index (Phi) is 11.6. The van der Waals surface area contributed by atoms with Gasteiger partial charge >= 0.3 is 5.97 Å². The van der Waals surface area contributed by atoms with E-state index < -0.39 is 10.1 Å². The van der Waals surface area contributed by atoms with Gasteiger partial charge in [0.2, 0.25) is 0 Å². The van der Waals surface area contributed by atoms with Gasteiger partial charge < -0.3 is 23.7 Å². The van der Waals surface area contributed by atoms with Crippen molar-refractivity contribution in [1.82, 2.24) is 0 Å². The molecule has 0 aromatic heterocycles. The van der Waals surface area contributed by atoms with Gasteiger partial charge in [-0.3, -0.25) is 8.98 Å². The number of fused-ring (bicyclic) bond motifs is 5.